The Labute approximate surface area is 222 Å². The number of amides is 1. The van der Waals surface area contributed by atoms with Crippen LogP contribution in [0.3, 0.4) is 0 Å². The average molecular weight is 675 g/mol. The summed E-state index contributed by atoms with van der Waals surface area (Å²) in [5, 5.41) is 11.7. The molecule has 0 heterocycles. The summed E-state index contributed by atoms with van der Waals surface area (Å²) in [6.07, 6.45) is 0.487. The molecule has 0 saturated carbocycles. The molecule has 183 valence electrons. The van der Waals surface area contributed by atoms with Gasteiger partial charge in [0.1, 0.15) is 0 Å². The zero-order chi connectivity index (χ0) is 25.8. The van der Waals surface area contributed by atoms with Gasteiger partial charge in [-0.3, -0.25) is 4.79 Å². The number of nitrogens with one attached hydrogen (secondary N) is 1. The molecule has 3 N–H and O–H groups in total. The molecule has 1 atom stereocenters. The molecule has 0 aliphatic heterocycles. The standard InChI is InChI=1S/C13H17NO3.3C6H5.Pb/c1-9(2)8-11(13(16)17)14-12(15)10-6-4-3-5-7-10;3*1-2-4-6-5-3-1;/h3-7,9,11H,8H2,1-2H3,(H,14,15)(H,16,17);3*1-5H;/p+1. The van der Waals surface area contributed by atoms with Gasteiger partial charge in [-0.25, -0.2) is 0 Å². The molecule has 0 spiro atoms. The Morgan fingerprint density at radius 2 is 1.08 bits per heavy atom. The van der Waals surface area contributed by atoms with Gasteiger partial charge in [0.05, 0.1) is 0 Å². The van der Waals surface area contributed by atoms with Crippen molar-refractivity contribution in [2.24, 2.45) is 5.92 Å². The normalized spacial score (nSPS) is 11.3. The summed E-state index contributed by atoms with van der Waals surface area (Å²) in [5.41, 5.74) is 0.502. The van der Waals surface area contributed by atoms with Crippen molar-refractivity contribution in [3.05, 3.63) is 127 Å². The third kappa shape index (κ3) is 8.45. The van der Waals surface area contributed by atoms with E-state index in [-0.39, 0.29) is 11.8 Å². The van der Waals surface area contributed by atoms with E-state index in [4.69, 9.17) is 9.90 Å². The number of hydrogen-bond acceptors (Lipinski definition) is 1. The predicted molar refractivity (Wildman–Crippen MR) is 151 cm³/mol. The molecule has 1 amide bonds. The summed E-state index contributed by atoms with van der Waals surface area (Å²) in [4.78, 5) is 20.9. The zero-order valence-electron chi connectivity index (χ0n) is 20.7. The quantitative estimate of drug-likeness (QED) is 0.219. The summed E-state index contributed by atoms with van der Waals surface area (Å²) in [6, 6.07) is 41.0. The molecule has 4 rings (SSSR count). The first-order valence-corrected chi connectivity index (χ1v) is 17.9. The van der Waals surface area contributed by atoms with Crippen molar-refractivity contribution in [3.8, 4) is 0 Å². The number of benzene rings is 4. The number of aliphatic carboxylic acids is 1. The molecule has 36 heavy (non-hydrogen) atoms. The van der Waals surface area contributed by atoms with Gasteiger partial charge in [0, 0.05) is 5.56 Å². The van der Waals surface area contributed by atoms with Crippen LogP contribution >= 0.6 is 0 Å². The van der Waals surface area contributed by atoms with Crippen molar-refractivity contribution in [1.82, 2.24) is 5.32 Å². The first-order chi connectivity index (χ1) is 17.5. The van der Waals surface area contributed by atoms with E-state index < -0.39 is 34.7 Å². The predicted octanol–water partition coefficient (Wildman–Crippen LogP) is 4.09. The average Bonchev–Trinajstić information content (AvgIpc) is 2.91. The van der Waals surface area contributed by atoms with Gasteiger partial charge in [0.2, 0.25) is 0 Å². The fraction of sp³-hybridized carbons (Fsp3) is 0.161. The van der Waals surface area contributed by atoms with E-state index >= 15 is 0 Å². The molecule has 1 unspecified atom stereocenters. The molecule has 4 nitrogen and oxygen atoms in total. The van der Waals surface area contributed by atoms with Crippen LogP contribution in [0, 0.1) is 5.92 Å². The summed E-state index contributed by atoms with van der Waals surface area (Å²) in [5.74, 6) is -0.801. The van der Waals surface area contributed by atoms with Gasteiger partial charge in [0.25, 0.3) is 5.91 Å². The van der Waals surface area contributed by atoms with Crippen LogP contribution < -0.4 is 14.7 Å². The minimum atomic E-state index is -2.17. The van der Waals surface area contributed by atoms with E-state index in [1.54, 1.807) is 33.6 Å². The van der Waals surface area contributed by atoms with Crippen molar-refractivity contribution >= 4 is 43.9 Å². The molecule has 4 aromatic rings. The van der Waals surface area contributed by atoms with E-state index in [0.29, 0.717) is 12.0 Å². The molecular weight excluding hydrogens is 642 g/mol. The molecule has 0 aliphatic rings. The van der Waals surface area contributed by atoms with E-state index in [0.717, 1.165) is 0 Å². The second kappa shape index (κ2) is 14.3. The molecule has 0 bridgehead atoms. The maximum absolute atomic E-state index is 11.8. The van der Waals surface area contributed by atoms with Crippen molar-refractivity contribution in [2.75, 3.05) is 0 Å². The van der Waals surface area contributed by atoms with E-state index in [1.165, 1.54) is 0 Å². The van der Waals surface area contributed by atoms with Gasteiger partial charge in [-0.15, -0.1) is 0 Å². The number of carboxylic acid groups (broad SMARTS) is 1. The first-order valence-electron chi connectivity index (χ1n) is 12.1. The van der Waals surface area contributed by atoms with Crippen LogP contribution in [0.25, 0.3) is 0 Å². The third-order valence-corrected chi connectivity index (χ3v) is 16.2. The fourth-order valence-electron chi connectivity index (χ4n) is 3.85. The van der Waals surface area contributed by atoms with Crippen molar-refractivity contribution in [3.63, 3.8) is 0 Å². The summed E-state index contributed by atoms with van der Waals surface area (Å²) in [6.45, 7) is 3.90. The van der Waals surface area contributed by atoms with E-state index in [9.17, 15) is 4.79 Å². The Morgan fingerprint density at radius 3 is 1.42 bits per heavy atom. The monoisotopic (exact) mass is 675 g/mol. The topological polar surface area (TPSA) is 70.7 Å². The number of carboxylic acids is 1. The van der Waals surface area contributed by atoms with Gasteiger partial charge in [-0.1, -0.05) is 32.0 Å². The van der Waals surface area contributed by atoms with Crippen LogP contribution in [0.4, 0.5) is 0 Å². The van der Waals surface area contributed by atoms with Gasteiger partial charge in [0.15, 0.2) is 6.04 Å². The van der Waals surface area contributed by atoms with E-state index in [1.807, 2.05) is 19.9 Å². The van der Waals surface area contributed by atoms with Gasteiger partial charge < -0.3 is 15.2 Å². The Kier molecular flexibility index (Phi) is 10.9. The summed E-state index contributed by atoms with van der Waals surface area (Å²) in [7, 11) is 0. The summed E-state index contributed by atoms with van der Waals surface area (Å²) < 4.78 is 4.64. The van der Waals surface area contributed by atoms with Crippen molar-refractivity contribution < 1.29 is 14.7 Å². The number of hydrogen-bond donors (Lipinski definition) is 2. The molecule has 0 fully saturated rings. The Morgan fingerprint density at radius 1 is 0.722 bits per heavy atom. The Bertz CT molecular complexity index is 1110. The zero-order valence-corrected chi connectivity index (χ0v) is 24.6. The maximum atomic E-state index is 11.8. The molecule has 0 aliphatic carbocycles. The van der Waals surface area contributed by atoms with Crippen LogP contribution in [-0.2, 0) is 0 Å². The van der Waals surface area contributed by atoms with Crippen molar-refractivity contribution in [2.45, 2.75) is 26.3 Å². The Hall–Kier alpha value is -3.26. The number of rotatable bonds is 8. The SMILES string of the molecule is CC(C)CC(NC(=O)c1ccccc1)C(O)=[OH+].c1cc[c]([Pb]([c]2ccccc2)[c]2ccccc2)cc1. The van der Waals surface area contributed by atoms with Crippen molar-refractivity contribution in [1.29, 1.82) is 0 Å². The molecule has 1 radical (unpaired) electrons. The second-order valence-corrected chi connectivity index (χ2v) is 18.5. The first kappa shape index (κ1) is 27.3. The van der Waals surface area contributed by atoms with Crippen LogP contribution in [0.5, 0.6) is 0 Å². The third-order valence-electron chi connectivity index (χ3n) is 5.55. The van der Waals surface area contributed by atoms with Crippen LogP contribution in [-0.4, -0.2) is 50.5 Å². The Balaban J connectivity index is 0.000000202. The number of aliphatic hydroxyl groups excluding tert-OH is 1. The molecule has 4 aromatic carbocycles. The minimum absolute atomic E-state index is 0.255. The van der Waals surface area contributed by atoms with Gasteiger partial charge >= 0.3 is 129 Å². The van der Waals surface area contributed by atoms with Crippen LogP contribution in [0.1, 0.15) is 30.6 Å². The molecule has 0 aromatic heterocycles. The second-order valence-electron chi connectivity index (χ2n) is 8.85. The fourth-order valence-corrected chi connectivity index (χ4v) is 13.9. The number of carbonyl (C=O) groups excluding carboxylic acids is 1. The van der Waals surface area contributed by atoms with Gasteiger partial charge in [-0.05, 0) is 24.5 Å². The van der Waals surface area contributed by atoms with Gasteiger partial charge in [-0.2, -0.15) is 0 Å². The summed E-state index contributed by atoms with van der Waals surface area (Å²) >= 11 is -2.17. The number of carbonyl (C=O) groups is 1. The molecule has 0 saturated heterocycles. The van der Waals surface area contributed by atoms with E-state index in [2.05, 4.69) is 96.3 Å². The van der Waals surface area contributed by atoms with Crippen LogP contribution in [0.15, 0.2) is 121 Å². The molecular formula is C31H33NO3Pb+. The van der Waals surface area contributed by atoms with Crippen LogP contribution in [0.2, 0.25) is 0 Å². The molecule has 5 heteroatoms.